The summed E-state index contributed by atoms with van der Waals surface area (Å²) in [7, 11) is -3.61. The Bertz CT molecular complexity index is 528. The molecule has 2 atom stereocenters. The summed E-state index contributed by atoms with van der Waals surface area (Å²) in [5.41, 5.74) is -1.19. The summed E-state index contributed by atoms with van der Waals surface area (Å²) in [6.45, 7) is 2.16. The van der Waals surface area contributed by atoms with E-state index in [1.807, 2.05) is 0 Å². The first-order valence-corrected chi connectivity index (χ1v) is 8.77. The van der Waals surface area contributed by atoms with E-state index in [0.29, 0.717) is 19.6 Å². The molecule has 2 aliphatic heterocycles. The first-order valence-electron chi connectivity index (χ1n) is 7.05. The molecule has 22 heavy (non-hydrogen) atoms. The largest absolute Gasteiger partial charge is 0.448 e. The highest BCUT2D eigenvalue weighted by Gasteiger charge is 2.31. The van der Waals surface area contributed by atoms with Gasteiger partial charge in [-0.05, 0) is 0 Å². The Hall–Kier alpha value is -1.68. The summed E-state index contributed by atoms with van der Waals surface area (Å²) in [5, 5.41) is 5.59. The Kier molecular flexibility index (Phi) is 5.72. The van der Waals surface area contributed by atoms with Gasteiger partial charge >= 0.3 is 0 Å². The SMILES string of the molecule is O=COC(CC1CN=CN1)S(=O)(=O)CCN1CCNC(=O)C1. The number of hydrogen-bond donors (Lipinski definition) is 2. The molecule has 2 unspecified atom stereocenters. The molecule has 1 saturated heterocycles. The fourth-order valence-corrected chi connectivity index (χ4v) is 3.90. The molecular weight excluding hydrogens is 312 g/mol. The molecule has 1 amide bonds. The van der Waals surface area contributed by atoms with Gasteiger partial charge in [-0.15, -0.1) is 0 Å². The van der Waals surface area contributed by atoms with Gasteiger partial charge in [0.15, 0.2) is 9.84 Å². The topological polar surface area (TPSA) is 117 Å². The van der Waals surface area contributed by atoms with Crippen LogP contribution in [0.4, 0.5) is 0 Å². The van der Waals surface area contributed by atoms with E-state index in [0.717, 1.165) is 0 Å². The molecule has 2 heterocycles. The van der Waals surface area contributed by atoms with Crippen LogP contribution in [0.2, 0.25) is 0 Å². The van der Waals surface area contributed by atoms with Crippen molar-refractivity contribution in [2.24, 2.45) is 4.99 Å². The van der Waals surface area contributed by atoms with Crippen LogP contribution >= 0.6 is 0 Å². The van der Waals surface area contributed by atoms with Crippen LogP contribution < -0.4 is 10.6 Å². The highest BCUT2D eigenvalue weighted by molar-refractivity contribution is 7.91. The maximum atomic E-state index is 12.4. The maximum absolute atomic E-state index is 12.4. The van der Waals surface area contributed by atoms with E-state index in [4.69, 9.17) is 4.74 Å². The van der Waals surface area contributed by atoms with E-state index in [-0.39, 0.29) is 43.7 Å². The summed E-state index contributed by atoms with van der Waals surface area (Å²) < 4.78 is 29.5. The molecule has 124 valence electrons. The number of sulfone groups is 1. The van der Waals surface area contributed by atoms with Gasteiger partial charge in [-0.2, -0.15) is 0 Å². The lowest BCUT2D eigenvalue weighted by Gasteiger charge is -2.27. The third kappa shape index (κ3) is 4.67. The highest BCUT2D eigenvalue weighted by atomic mass is 32.2. The van der Waals surface area contributed by atoms with E-state index in [1.54, 1.807) is 4.90 Å². The molecule has 0 radical (unpaired) electrons. The molecule has 0 aromatic rings. The van der Waals surface area contributed by atoms with Crippen molar-refractivity contribution in [1.82, 2.24) is 15.5 Å². The molecular formula is C12H20N4O5S. The Morgan fingerprint density at radius 3 is 3.00 bits per heavy atom. The average Bonchev–Trinajstić information content (AvgIpc) is 2.98. The molecule has 10 heteroatoms. The van der Waals surface area contributed by atoms with Crippen molar-refractivity contribution in [2.75, 3.05) is 38.5 Å². The molecule has 2 rings (SSSR count). The predicted molar refractivity (Wildman–Crippen MR) is 79.1 cm³/mol. The fraction of sp³-hybridized carbons (Fsp3) is 0.750. The molecule has 0 aromatic carbocycles. The van der Waals surface area contributed by atoms with E-state index < -0.39 is 15.3 Å². The first kappa shape index (κ1) is 16.7. The van der Waals surface area contributed by atoms with Gasteiger partial charge in [0.1, 0.15) is 0 Å². The van der Waals surface area contributed by atoms with Crippen molar-refractivity contribution < 1.29 is 22.7 Å². The second kappa shape index (κ2) is 7.54. The second-order valence-corrected chi connectivity index (χ2v) is 7.51. The lowest BCUT2D eigenvalue weighted by atomic mass is 10.2. The number of piperazine rings is 1. The van der Waals surface area contributed by atoms with Crippen LogP contribution in [0.3, 0.4) is 0 Å². The van der Waals surface area contributed by atoms with Gasteiger partial charge in [-0.3, -0.25) is 19.5 Å². The maximum Gasteiger partial charge on any atom is 0.294 e. The molecule has 0 bridgehead atoms. The number of amides is 1. The average molecular weight is 332 g/mol. The number of nitrogens with one attached hydrogen (secondary N) is 2. The molecule has 2 aliphatic rings. The zero-order valence-electron chi connectivity index (χ0n) is 12.1. The van der Waals surface area contributed by atoms with E-state index >= 15 is 0 Å². The summed E-state index contributed by atoms with van der Waals surface area (Å²) in [5.74, 6) is -0.275. The van der Waals surface area contributed by atoms with Crippen molar-refractivity contribution >= 4 is 28.6 Å². The Morgan fingerprint density at radius 2 is 2.36 bits per heavy atom. The van der Waals surface area contributed by atoms with Crippen molar-refractivity contribution in [1.29, 1.82) is 0 Å². The number of ether oxygens (including phenoxy) is 1. The summed E-state index contributed by atoms with van der Waals surface area (Å²) in [6, 6.07) is -0.152. The Labute approximate surface area is 129 Å². The molecule has 9 nitrogen and oxygen atoms in total. The third-order valence-electron chi connectivity index (χ3n) is 3.62. The molecule has 0 aliphatic carbocycles. The number of carbonyl (C=O) groups is 2. The zero-order valence-corrected chi connectivity index (χ0v) is 12.9. The predicted octanol–water partition coefficient (Wildman–Crippen LogP) is -2.28. The van der Waals surface area contributed by atoms with Crippen LogP contribution in [-0.4, -0.2) is 82.0 Å². The van der Waals surface area contributed by atoms with Gasteiger partial charge in [0.05, 0.1) is 31.2 Å². The van der Waals surface area contributed by atoms with Crippen molar-refractivity contribution in [3.63, 3.8) is 0 Å². The fourth-order valence-electron chi connectivity index (χ4n) is 2.38. The van der Waals surface area contributed by atoms with Gasteiger partial charge in [0.2, 0.25) is 11.3 Å². The number of nitrogens with zero attached hydrogens (tertiary/aromatic N) is 2. The first-order chi connectivity index (χ1) is 10.5. The second-order valence-electron chi connectivity index (χ2n) is 5.25. The lowest BCUT2D eigenvalue weighted by molar-refractivity contribution is -0.130. The van der Waals surface area contributed by atoms with Crippen LogP contribution in [0.5, 0.6) is 0 Å². The van der Waals surface area contributed by atoms with Gasteiger partial charge in [-0.25, -0.2) is 8.42 Å². The zero-order chi connectivity index (χ0) is 16.0. The van der Waals surface area contributed by atoms with E-state index in [1.165, 1.54) is 6.34 Å². The summed E-state index contributed by atoms with van der Waals surface area (Å²) in [4.78, 5) is 27.6. The summed E-state index contributed by atoms with van der Waals surface area (Å²) >= 11 is 0. The lowest BCUT2D eigenvalue weighted by Crippen LogP contribution is -2.49. The number of aliphatic imine (C=N–C) groups is 1. The Balaban J connectivity index is 1.89. The smallest absolute Gasteiger partial charge is 0.294 e. The summed E-state index contributed by atoms with van der Waals surface area (Å²) in [6.07, 6.45) is 1.67. The van der Waals surface area contributed by atoms with Crippen molar-refractivity contribution in [3.8, 4) is 0 Å². The Morgan fingerprint density at radius 1 is 1.55 bits per heavy atom. The van der Waals surface area contributed by atoms with Crippen molar-refractivity contribution in [2.45, 2.75) is 17.9 Å². The monoisotopic (exact) mass is 332 g/mol. The molecule has 0 aromatic heterocycles. The van der Waals surface area contributed by atoms with Gasteiger partial charge in [0, 0.05) is 26.1 Å². The van der Waals surface area contributed by atoms with E-state index in [9.17, 15) is 18.0 Å². The minimum atomic E-state index is -3.61. The molecule has 0 spiro atoms. The van der Waals surface area contributed by atoms with Crippen LogP contribution in [0, 0.1) is 0 Å². The van der Waals surface area contributed by atoms with Crippen molar-refractivity contribution in [3.05, 3.63) is 0 Å². The minimum Gasteiger partial charge on any atom is -0.448 e. The minimum absolute atomic E-state index is 0.114. The highest BCUT2D eigenvalue weighted by Crippen LogP contribution is 2.13. The van der Waals surface area contributed by atoms with Gasteiger partial charge in [0.25, 0.3) is 6.47 Å². The number of hydrogen-bond acceptors (Lipinski definition) is 8. The third-order valence-corrected chi connectivity index (χ3v) is 5.48. The number of carbonyl (C=O) groups excluding carboxylic acids is 2. The normalized spacial score (nSPS) is 23.6. The quantitative estimate of drug-likeness (QED) is 0.481. The standard InChI is InChI=1S/C12H20N4O5S/c17-9-21-12(5-10-6-13-8-15-10)22(19,20)4-3-16-2-1-14-11(18)7-16/h8-10,12H,1-7H2,(H,13,15)(H,14,18). The molecule has 1 fully saturated rings. The van der Waals surface area contributed by atoms with Crippen LogP contribution in [0.15, 0.2) is 4.99 Å². The molecule has 2 N–H and O–H groups in total. The van der Waals surface area contributed by atoms with Gasteiger partial charge < -0.3 is 15.4 Å². The van der Waals surface area contributed by atoms with Crippen LogP contribution in [0.1, 0.15) is 6.42 Å². The van der Waals surface area contributed by atoms with Crippen LogP contribution in [0.25, 0.3) is 0 Å². The number of rotatable bonds is 8. The van der Waals surface area contributed by atoms with E-state index in [2.05, 4.69) is 15.6 Å². The van der Waals surface area contributed by atoms with Crippen LogP contribution in [-0.2, 0) is 24.2 Å². The van der Waals surface area contributed by atoms with Gasteiger partial charge in [-0.1, -0.05) is 0 Å². The molecule has 0 saturated carbocycles.